The summed E-state index contributed by atoms with van der Waals surface area (Å²) in [4.78, 5) is 20.0. The van der Waals surface area contributed by atoms with Gasteiger partial charge >= 0.3 is 0 Å². The van der Waals surface area contributed by atoms with Crippen LogP contribution in [0.2, 0.25) is 0 Å². The first kappa shape index (κ1) is 22.1. The van der Waals surface area contributed by atoms with Gasteiger partial charge in [0, 0.05) is 60.6 Å². The SMILES string of the molecule is CC1CC=C2C=CC(Cl)=CN2C=C1C1=Cc2ccc(N3CCCN(C)CC3)cc2OCC1=O. The number of anilines is 1. The second kappa shape index (κ2) is 9.24. The van der Waals surface area contributed by atoms with Gasteiger partial charge in [-0.15, -0.1) is 0 Å². The molecule has 0 spiro atoms. The fourth-order valence-corrected chi connectivity index (χ4v) is 4.96. The number of ketones is 1. The molecule has 0 radical (unpaired) electrons. The Morgan fingerprint density at radius 2 is 1.97 bits per heavy atom. The smallest absolute Gasteiger partial charge is 0.200 e. The molecule has 1 fully saturated rings. The van der Waals surface area contributed by atoms with Crippen molar-refractivity contribution in [3.63, 3.8) is 0 Å². The Kier molecular flexibility index (Phi) is 6.17. The molecule has 0 amide bonds. The zero-order chi connectivity index (χ0) is 22.9. The summed E-state index contributed by atoms with van der Waals surface area (Å²) in [6.07, 6.45) is 14.0. The zero-order valence-corrected chi connectivity index (χ0v) is 20.0. The van der Waals surface area contributed by atoms with Gasteiger partial charge in [-0.3, -0.25) is 4.79 Å². The quantitative estimate of drug-likeness (QED) is 0.621. The van der Waals surface area contributed by atoms with Crippen molar-refractivity contribution in [3.8, 4) is 5.75 Å². The van der Waals surface area contributed by atoms with E-state index in [9.17, 15) is 4.79 Å². The number of nitrogens with zero attached hydrogens (tertiary/aromatic N) is 3. The minimum Gasteiger partial charge on any atom is -0.485 e. The van der Waals surface area contributed by atoms with E-state index in [1.54, 1.807) is 0 Å². The predicted molar refractivity (Wildman–Crippen MR) is 134 cm³/mol. The van der Waals surface area contributed by atoms with Crippen molar-refractivity contribution >= 4 is 29.1 Å². The third-order valence-electron chi connectivity index (χ3n) is 6.82. The molecule has 0 saturated carbocycles. The van der Waals surface area contributed by atoms with Crippen LogP contribution in [-0.4, -0.2) is 55.4 Å². The molecule has 4 aliphatic rings. The Bertz CT molecular complexity index is 1110. The molecule has 4 heterocycles. The summed E-state index contributed by atoms with van der Waals surface area (Å²) in [7, 11) is 2.17. The van der Waals surface area contributed by atoms with Crippen LogP contribution < -0.4 is 9.64 Å². The van der Waals surface area contributed by atoms with Gasteiger partial charge in [-0.25, -0.2) is 0 Å². The number of allylic oxidation sites excluding steroid dienone is 5. The van der Waals surface area contributed by atoms with Crippen LogP contribution >= 0.6 is 11.6 Å². The standard InChI is InChI=1S/C27H30ClN3O2/c1-19-4-7-22-9-6-21(28)16-31(22)17-25(19)24-14-20-5-8-23(15-27(20)33-18-26(24)32)30-11-3-10-29(2)12-13-30/h5-9,14-17,19H,3-4,10-13,18H2,1-2H3. The number of carbonyl (C=O) groups excluding carboxylic acids is 1. The Morgan fingerprint density at radius 3 is 2.85 bits per heavy atom. The second-order valence-corrected chi connectivity index (χ2v) is 9.68. The summed E-state index contributed by atoms with van der Waals surface area (Å²) in [5.74, 6) is 0.986. The topological polar surface area (TPSA) is 36.0 Å². The summed E-state index contributed by atoms with van der Waals surface area (Å²) in [6.45, 7) is 6.41. The molecule has 5 nitrogen and oxygen atoms in total. The van der Waals surface area contributed by atoms with Crippen LogP contribution in [0.3, 0.4) is 0 Å². The molecule has 33 heavy (non-hydrogen) atoms. The van der Waals surface area contributed by atoms with E-state index in [1.807, 2.05) is 35.5 Å². The Morgan fingerprint density at radius 1 is 1.09 bits per heavy atom. The van der Waals surface area contributed by atoms with Crippen LogP contribution in [0.4, 0.5) is 5.69 Å². The fourth-order valence-electron chi connectivity index (χ4n) is 4.79. The highest BCUT2D eigenvalue weighted by molar-refractivity contribution is 6.31. The van der Waals surface area contributed by atoms with E-state index < -0.39 is 0 Å². The molecule has 6 heteroatoms. The van der Waals surface area contributed by atoms with Crippen LogP contribution in [0.1, 0.15) is 25.3 Å². The van der Waals surface area contributed by atoms with Gasteiger partial charge in [0.25, 0.3) is 0 Å². The maximum atomic E-state index is 13.2. The zero-order valence-electron chi connectivity index (χ0n) is 19.3. The molecule has 1 unspecified atom stereocenters. The molecule has 1 aromatic carbocycles. The lowest BCUT2D eigenvalue weighted by Gasteiger charge is -2.23. The first-order chi connectivity index (χ1) is 16.0. The normalized spacial score (nSPS) is 23.7. The van der Waals surface area contributed by atoms with Gasteiger partial charge in [-0.05, 0) is 68.3 Å². The van der Waals surface area contributed by atoms with E-state index in [0.717, 1.165) is 72.9 Å². The average Bonchev–Trinajstić information content (AvgIpc) is 3.19. The molecule has 1 atom stereocenters. The summed E-state index contributed by atoms with van der Waals surface area (Å²) in [5, 5.41) is 0.666. The highest BCUT2D eigenvalue weighted by atomic mass is 35.5. The van der Waals surface area contributed by atoms with Crippen LogP contribution in [0.15, 0.2) is 70.7 Å². The van der Waals surface area contributed by atoms with E-state index in [2.05, 4.69) is 48.0 Å². The summed E-state index contributed by atoms with van der Waals surface area (Å²) >= 11 is 6.25. The third-order valence-corrected chi connectivity index (χ3v) is 7.04. The minimum absolute atomic E-state index is 0.00771. The highest BCUT2D eigenvalue weighted by Crippen LogP contribution is 2.36. The summed E-state index contributed by atoms with van der Waals surface area (Å²) in [5.41, 5.74) is 4.91. The maximum absolute atomic E-state index is 13.2. The van der Waals surface area contributed by atoms with Gasteiger partial charge < -0.3 is 19.4 Å². The van der Waals surface area contributed by atoms with Crippen molar-refractivity contribution in [2.24, 2.45) is 5.92 Å². The van der Waals surface area contributed by atoms with Crippen LogP contribution in [-0.2, 0) is 4.79 Å². The molecule has 1 saturated heterocycles. The fraction of sp³-hybridized carbons (Fsp3) is 0.370. The number of carbonyl (C=O) groups is 1. The molecular weight excluding hydrogens is 434 g/mol. The van der Waals surface area contributed by atoms with E-state index in [4.69, 9.17) is 16.3 Å². The molecule has 0 N–H and O–H groups in total. The van der Waals surface area contributed by atoms with E-state index >= 15 is 0 Å². The Hall–Kier alpha value is -2.76. The number of hydrogen-bond donors (Lipinski definition) is 0. The van der Waals surface area contributed by atoms with Crippen LogP contribution in [0, 0.1) is 5.92 Å². The van der Waals surface area contributed by atoms with Crippen molar-refractivity contribution in [1.82, 2.24) is 9.80 Å². The van der Waals surface area contributed by atoms with Crippen molar-refractivity contribution < 1.29 is 9.53 Å². The lowest BCUT2D eigenvalue weighted by Crippen LogP contribution is -2.28. The molecule has 4 aliphatic heterocycles. The number of rotatable bonds is 2. The van der Waals surface area contributed by atoms with Crippen molar-refractivity contribution in [1.29, 1.82) is 0 Å². The van der Waals surface area contributed by atoms with Gasteiger partial charge in [0.05, 0.1) is 5.03 Å². The van der Waals surface area contributed by atoms with Crippen molar-refractivity contribution in [2.45, 2.75) is 19.8 Å². The van der Waals surface area contributed by atoms with Gasteiger partial charge in [0.15, 0.2) is 6.61 Å². The number of hydrogen-bond acceptors (Lipinski definition) is 5. The van der Waals surface area contributed by atoms with E-state index in [1.165, 1.54) is 0 Å². The molecule has 0 aromatic heterocycles. The lowest BCUT2D eigenvalue weighted by molar-refractivity contribution is -0.117. The number of halogens is 1. The van der Waals surface area contributed by atoms with Gasteiger partial charge in [0.1, 0.15) is 5.75 Å². The summed E-state index contributed by atoms with van der Waals surface area (Å²) in [6, 6.07) is 6.33. The Labute approximate surface area is 200 Å². The third kappa shape index (κ3) is 4.66. The van der Waals surface area contributed by atoms with Gasteiger partial charge in [0.2, 0.25) is 5.78 Å². The maximum Gasteiger partial charge on any atom is 0.200 e. The van der Waals surface area contributed by atoms with Crippen LogP contribution in [0.5, 0.6) is 5.75 Å². The highest BCUT2D eigenvalue weighted by Gasteiger charge is 2.26. The monoisotopic (exact) mass is 463 g/mol. The first-order valence-electron chi connectivity index (χ1n) is 11.7. The minimum atomic E-state index is 0.00771. The molecule has 0 aliphatic carbocycles. The Balaban J connectivity index is 1.48. The van der Waals surface area contributed by atoms with Crippen molar-refractivity contribution in [3.05, 3.63) is 76.3 Å². The van der Waals surface area contributed by atoms with Crippen molar-refractivity contribution in [2.75, 3.05) is 44.7 Å². The predicted octanol–water partition coefficient (Wildman–Crippen LogP) is 4.93. The first-order valence-corrected chi connectivity index (χ1v) is 12.1. The van der Waals surface area contributed by atoms with Crippen LogP contribution in [0.25, 0.3) is 6.08 Å². The number of fused-ring (bicyclic) bond motifs is 2. The van der Waals surface area contributed by atoms with Gasteiger partial charge in [-0.2, -0.15) is 0 Å². The number of ether oxygens (including phenoxy) is 1. The van der Waals surface area contributed by atoms with E-state index in [0.29, 0.717) is 5.03 Å². The number of likely N-dealkylation sites (N-methyl/N-ethyl adjacent to an activating group) is 1. The summed E-state index contributed by atoms with van der Waals surface area (Å²) < 4.78 is 6.02. The number of Topliss-reactive ketones (excluding diaryl/α,β-unsaturated/α-hetero) is 1. The molecule has 5 rings (SSSR count). The molecule has 172 valence electrons. The number of benzene rings is 1. The average molecular weight is 464 g/mol. The molecule has 0 bridgehead atoms. The molecular formula is C27H30ClN3O2. The largest absolute Gasteiger partial charge is 0.485 e. The van der Waals surface area contributed by atoms with Gasteiger partial charge in [-0.1, -0.05) is 24.6 Å². The lowest BCUT2D eigenvalue weighted by atomic mass is 9.89. The second-order valence-electron chi connectivity index (χ2n) is 9.24. The van der Waals surface area contributed by atoms with E-state index in [-0.39, 0.29) is 18.3 Å². The molecule has 1 aromatic rings.